The summed E-state index contributed by atoms with van der Waals surface area (Å²) in [5.74, 6) is -0.478. The lowest BCUT2D eigenvalue weighted by Gasteiger charge is -2.14. The molecule has 37 heavy (non-hydrogen) atoms. The number of carbonyl (C=O) groups is 2. The van der Waals surface area contributed by atoms with Crippen LogP contribution in [0.3, 0.4) is 0 Å². The van der Waals surface area contributed by atoms with Gasteiger partial charge in [0.1, 0.15) is 11.5 Å². The van der Waals surface area contributed by atoms with Crippen LogP contribution in [0.4, 0.5) is 11.5 Å². The fourth-order valence-electron chi connectivity index (χ4n) is 3.97. The van der Waals surface area contributed by atoms with Gasteiger partial charge < -0.3 is 20.9 Å². The number of nitrogens with one attached hydrogen (secondary N) is 1. The molecular weight excluding hydrogens is 468 g/mol. The summed E-state index contributed by atoms with van der Waals surface area (Å²) in [6, 6.07) is 15.4. The second-order valence-electron chi connectivity index (χ2n) is 8.98. The molecule has 4 aromatic rings. The third-order valence-electron chi connectivity index (χ3n) is 5.83. The summed E-state index contributed by atoms with van der Waals surface area (Å²) in [7, 11) is 1.45. The third kappa shape index (κ3) is 5.75. The number of anilines is 2. The number of allylic oxidation sites excluding steroid dienone is 1. The van der Waals surface area contributed by atoms with E-state index in [4.69, 9.17) is 10.5 Å². The van der Waals surface area contributed by atoms with Crippen LogP contribution in [-0.2, 0) is 0 Å². The molecule has 2 aromatic carbocycles. The van der Waals surface area contributed by atoms with Gasteiger partial charge in [0.25, 0.3) is 5.91 Å². The molecule has 0 aliphatic rings. The van der Waals surface area contributed by atoms with Gasteiger partial charge in [0.15, 0.2) is 0 Å². The maximum atomic E-state index is 13.4. The van der Waals surface area contributed by atoms with E-state index in [1.165, 1.54) is 7.11 Å². The summed E-state index contributed by atoms with van der Waals surface area (Å²) in [6.07, 6.45) is 6.40. The number of benzene rings is 2. The second kappa shape index (κ2) is 10.9. The fraction of sp³-hybridized carbons (Fsp3) is 0.172. The number of methoxy groups -OCH3 is 1. The average Bonchev–Trinajstić information content (AvgIpc) is 2.88. The summed E-state index contributed by atoms with van der Waals surface area (Å²) in [5.41, 5.74) is 8.09. The van der Waals surface area contributed by atoms with E-state index in [9.17, 15) is 14.7 Å². The molecule has 0 radical (unpaired) electrons. The van der Waals surface area contributed by atoms with E-state index in [2.05, 4.69) is 29.1 Å². The first-order chi connectivity index (χ1) is 17.8. The molecule has 0 aliphatic carbocycles. The van der Waals surface area contributed by atoms with Crippen molar-refractivity contribution >= 4 is 40.2 Å². The first kappa shape index (κ1) is 25.4. The molecule has 0 unspecified atom stereocenters. The van der Waals surface area contributed by atoms with Crippen molar-refractivity contribution in [3.8, 4) is 17.0 Å². The summed E-state index contributed by atoms with van der Waals surface area (Å²) in [5, 5.41) is 14.4. The maximum absolute atomic E-state index is 13.4. The second-order valence-corrected chi connectivity index (χ2v) is 8.98. The number of aromatic carboxylic acids is 1. The van der Waals surface area contributed by atoms with Crippen molar-refractivity contribution in [3.63, 3.8) is 0 Å². The Morgan fingerprint density at radius 2 is 1.86 bits per heavy atom. The van der Waals surface area contributed by atoms with Crippen LogP contribution in [-0.4, -0.2) is 34.1 Å². The summed E-state index contributed by atoms with van der Waals surface area (Å²) >= 11 is 0. The quantitative estimate of drug-likeness (QED) is 0.277. The minimum absolute atomic E-state index is 0.0410. The number of pyridine rings is 2. The van der Waals surface area contributed by atoms with Gasteiger partial charge in [-0.3, -0.25) is 4.79 Å². The zero-order valence-electron chi connectivity index (χ0n) is 20.9. The molecule has 8 heteroatoms. The SMILES string of the molecule is COc1ccc(-c2ccc(C=CCC(C)C)cc2C(=O)O)c(C(=O)Nc2ccc3c(N)nccc3c2)n1. The van der Waals surface area contributed by atoms with Crippen molar-refractivity contribution in [1.82, 2.24) is 9.97 Å². The van der Waals surface area contributed by atoms with Crippen molar-refractivity contribution in [2.24, 2.45) is 5.92 Å². The number of aromatic nitrogens is 2. The summed E-state index contributed by atoms with van der Waals surface area (Å²) < 4.78 is 5.24. The number of carbonyl (C=O) groups excluding carboxylic acids is 1. The number of hydrogen-bond donors (Lipinski definition) is 3. The Labute approximate surface area is 214 Å². The topological polar surface area (TPSA) is 127 Å². The number of amides is 1. The molecule has 4 N–H and O–H groups in total. The lowest BCUT2D eigenvalue weighted by molar-refractivity contribution is 0.0697. The molecule has 0 saturated heterocycles. The van der Waals surface area contributed by atoms with E-state index >= 15 is 0 Å². The van der Waals surface area contributed by atoms with Gasteiger partial charge in [-0.15, -0.1) is 0 Å². The summed E-state index contributed by atoms with van der Waals surface area (Å²) in [6.45, 7) is 4.23. The Hall–Kier alpha value is -4.72. The maximum Gasteiger partial charge on any atom is 0.336 e. The summed E-state index contributed by atoms with van der Waals surface area (Å²) in [4.78, 5) is 34.0. The van der Waals surface area contributed by atoms with Crippen LogP contribution in [0, 0.1) is 5.92 Å². The number of fused-ring (bicyclic) bond motifs is 1. The standard InChI is InChI=1S/C29H28N4O4/c1-17(2)5-4-6-18-7-9-22(24(15-18)29(35)36)23-11-12-25(37-3)33-26(23)28(34)32-20-8-10-21-19(16-20)13-14-31-27(21)30/h4,6-17H,5H2,1-3H3,(H2,30,31)(H,32,34)(H,35,36). The number of carboxylic acids is 1. The van der Waals surface area contributed by atoms with Gasteiger partial charge in [0.2, 0.25) is 5.88 Å². The minimum atomic E-state index is -1.10. The highest BCUT2D eigenvalue weighted by atomic mass is 16.5. The number of hydrogen-bond acceptors (Lipinski definition) is 6. The Balaban J connectivity index is 1.74. The smallest absolute Gasteiger partial charge is 0.336 e. The molecule has 188 valence electrons. The lowest BCUT2D eigenvalue weighted by Crippen LogP contribution is -2.16. The largest absolute Gasteiger partial charge is 0.481 e. The number of nitrogens with zero attached hydrogens (tertiary/aromatic N) is 2. The first-order valence-electron chi connectivity index (χ1n) is 11.8. The fourth-order valence-corrected chi connectivity index (χ4v) is 3.97. The highest BCUT2D eigenvalue weighted by molar-refractivity contribution is 6.10. The molecular formula is C29H28N4O4. The van der Waals surface area contributed by atoms with E-state index in [0.29, 0.717) is 28.6 Å². The average molecular weight is 497 g/mol. The molecule has 0 saturated carbocycles. The van der Waals surface area contributed by atoms with E-state index in [0.717, 1.165) is 22.8 Å². The monoisotopic (exact) mass is 496 g/mol. The first-order valence-corrected chi connectivity index (χ1v) is 11.8. The lowest BCUT2D eigenvalue weighted by atomic mass is 9.95. The Bertz CT molecular complexity index is 1510. The van der Waals surface area contributed by atoms with E-state index in [-0.39, 0.29) is 17.1 Å². The molecule has 0 bridgehead atoms. The van der Waals surface area contributed by atoms with E-state index < -0.39 is 11.9 Å². The minimum Gasteiger partial charge on any atom is -0.481 e. The number of nitrogen functional groups attached to an aromatic ring is 1. The highest BCUT2D eigenvalue weighted by Gasteiger charge is 2.21. The van der Waals surface area contributed by atoms with Crippen molar-refractivity contribution in [2.45, 2.75) is 20.3 Å². The molecule has 0 fully saturated rings. The predicted molar refractivity (Wildman–Crippen MR) is 146 cm³/mol. The normalized spacial score (nSPS) is 11.2. The zero-order valence-corrected chi connectivity index (χ0v) is 20.9. The van der Waals surface area contributed by atoms with Crippen LogP contribution in [0.2, 0.25) is 0 Å². The van der Waals surface area contributed by atoms with Gasteiger partial charge in [0.05, 0.1) is 12.7 Å². The molecule has 0 atom stereocenters. The van der Waals surface area contributed by atoms with Gasteiger partial charge in [-0.1, -0.05) is 38.1 Å². The third-order valence-corrected chi connectivity index (χ3v) is 5.83. The molecule has 4 rings (SSSR count). The molecule has 2 aromatic heterocycles. The van der Waals surface area contributed by atoms with Crippen LogP contribution < -0.4 is 15.8 Å². The van der Waals surface area contributed by atoms with Crippen LogP contribution >= 0.6 is 0 Å². The van der Waals surface area contributed by atoms with Gasteiger partial charge >= 0.3 is 5.97 Å². The number of carboxylic acid groups (broad SMARTS) is 1. The Morgan fingerprint density at radius 3 is 2.59 bits per heavy atom. The number of ether oxygens (including phenoxy) is 1. The molecule has 0 aliphatic heterocycles. The predicted octanol–water partition coefficient (Wildman–Crippen LogP) is 5.90. The van der Waals surface area contributed by atoms with Crippen molar-refractivity contribution in [3.05, 3.63) is 83.7 Å². The molecule has 2 heterocycles. The van der Waals surface area contributed by atoms with Crippen molar-refractivity contribution in [1.29, 1.82) is 0 Å². The van der Waals surface area contributed by atoms with E-state index in [1.54, 1.807) is 54.7 Å². The van der Waals surface area contributed by atoms with Crippen LogP contribution in [0.5, 0.6) is 5.88 Å². The van der Waals surface area contributed by atoms with Crippen LogP contribution in [0.15, 0.2) is 66.9 Å². The van der Waals surface area contributed by atoms with Crippen molar-refractivity contribution < 1.29 is 19.4 Å². The van der Waals surface area contributed by atoms with Gasteiger partial charge in [-0.2, -0.15) is 0 Å². The van der Waals surface area contributed by atoms with Crippen LogP contribution in [0.25, 0.3) is 28.0 Å². The number of nitrogens with two attached hydrogens (primary N) is 1. The molecule has 8 nitrogen and oxygen atoms in total. The Morgan fingerprint density at radius 1 is 1.08 bits per heavy atom. The zero-order chi connectivity index (χ0) is 26.5. The molecule has 0 spiro atoms. The number of rotatable bonds is 8. The Kier molecular flexibility index (Phi) is 7.48. The highest BCUT2D eigenvalue weighted by Crippen LogP contribution is 2.31. The van der Waals surface area contributed by atoms with Gasteiger partial charge in [-0.25, -0.2) is 14.8 Å². The van der Waals surface area contributed by atoms with Gasteiger partial charge in [0, 0.05) is 28.9 Å². The van der Waals surface area contributed by atoms with Crippen LogP contribution in [0.1, 0.15) is 46.7 Å². The van der Waals surface area contributed by atoms with E-state index in [1.807, 2.05) is 18.2 Å². The van der Waals surface area contributed by atoms with Gasteiger partial charge in [-0.05, 0) is 65.3 Å². The molecule has 1 amide bonds. The van der Waals surface area contributed by atoms with Crippen molar-refractivity contribution in [2.75, 3.05) is 18.2 Å².